The number of carbonyl (C=O) groups is 1. The second kappa shape index (κ2) is 6.96. The standard InChI is InChI=1S/C18H13ClF2N4O2/c19-11-4-1-9(2-5-11)16-22-18(27-25-16)24-23-17(26)13-8-12(13)10-3-6-14(20)15(21)7-10/h1-7,12-13H,8H2,(H,23,26)(H,22,24,25)/t12-,13-/m0/s1. The number of nitrogens with zero attached hydrogens (tertiary/aromatic N) is 2. The van der Waals surface area contributed by atoms with Gasteiger partial charge in [0.1, 0.15) is 0 Å². The van der Waals surface area contributed by atoms with Gasteiger partial charge in [0.05, 0.1) is 0 Å². The third kappa shape index (κ3) is 3.75. The number of hydrazine groups is 1. The van der Waals surface area contributed by atoms with Crippen LogP contribution in [0.2, 0.25) is 5.02 Å². The van der Waals surface area contributed by atoms with Crippen molar-refractivity contribution in [1.82, 2.24) is 15.6 Å². The first-order chi connectivity index (χ1) is 13.0. The minimum absolute atomic E-state index is 0.0262. The van der Waals surface area contributed by atoms with Crippen LogP contribution in [-0.2, 0) is 4.79 Å². The molecule has 0 aliphatic heterocycles. The van der Waals surface area contributed by atoms with Crippen molar-refractivity contribution in [2.24, 2.45) is 5.92 Å². The van der Waals surface area contributed by atoms with Crippen LogP contribution >= 0.6 is 11.6 Å². The second-order valence-corrected chi connectivity index (χ2v) is 6.60. The van der Waals surface area contributed by atoms with Crippen molar-refractivity contribution < 1.29 is 18.1 Å². The third-order valence-corrected chi connectivity index (χ3v) is 4.57. The number of hydrogen-bond donors (Lipinski definition) is 2. The van der Waals surface area contributed by atoms with Crippen molar-refractivity contribution in [3.8, 4) is 11.4 Å². The maximum Gasteiger partial charge on any atom is 0.340 e. The van der Waals surface area contributed by atoms with Crippen LogP contribution in [-0.4, -0.2) is 16.0 Å². The first kappa shape index (κ1) is 17.4. The van der Waals surface area contributed by atoms with Gasteiger partial charge in [-0.25, -0.2) is 14.2 Å². The van der Waals surface area contributed by atoms with Crippen LogP contribution in [0.3, 0.4) is 0 Å². The number of anilines is 1. The summed E-state index contributed by atoms with van der Waals surface area (Å²) in [5, 5.41) is 4.41. The Balaban J connectivity index is 1.34. The molecule has 4 rings (SSSR count). The average Bonchev–Trinajstić information content (AvgIpc) is 3.33. The highest BCUT2D eigenvalue weighted by Crippen LogP contribution is 2.47. The topological polar surface area (TPSA) is 80.0 Å². The highest BCUT2D eigenvalue weighted by atomic mass is 35.5. The summed E-state index contributed by atoms with van der Waals surface area (Å²) in [6.45, 7) is 0. The van der Waals surface area contributed by atoms with Gasteiger partial charge in [0.25, 0.3) is 0 Å². The maximum atomic E-state index is 13.3. The molecule has 2 N–H and O–H groups in total. The van der Waals surface area contributed by atoms with E-state index >= 15 is 0 Å². The third-order valence-electron chi connectivity index (χ3n) is 4.32. The van der Waals surface area contributed by atoms with Crippen molar-refractivity contribution in [2.75, 3.05) is 5.43 Å². The normalized spacial score (nSPS) is 18.2. The van der Waals surface area contributed by atoms with Gasteiger partial charge in [-0.1, -0.05) is 22.8 Å². The lowest BCUT2D eigenvalue weighted by atomic mass is 10.1. The zero-order valence-electron chi connectivity index (χ0n) is 13.7. The largest absolute Gasteiger partial charge is 0.340 e. The molecule has 1 fully saturated rings. The smallest absolute Gasteiger partial charge is 0.313 e. The second-order valence-electron chi connectivity index (χ2n) is 6.17. The zero-order valence-corrected chi connectivity index (χ0v) is 14.5. The Morgan fingerprint density at radius 2 is 1.93 bits per heavy atom. The van der Waals surface area contributed by atoms with E-state index in [9.17, 15) is 13.6 Å². The molecule has 0 unspecified atom stereocenters. The molecule has 0 spiro atoms. The summed E-state index contributed by atoms with van der Waals surface area (Å²) in [4.78, 5) is 16.3. The SMILES string of the molecule is O=C(NNc1nc(-c2ccc(Cl)cc2)no1)[C@H]1C[C@H]1c1ccc(F)c(F)c1. The van der Waals surface area contributed by atoms with Crippen LogP contribution in [0.4, 0.5) is 14.8 Å². The summed E-state index contributed by atoms with van der Waals surface area (Å²) in [5.41, 5.74) is 6.35. The van der Waals surface area contributed by atoms with E-state index in [0.717, 1.165) is 12.1 Å². The van der Waals surface area contributed by atoms with Crippen LogP contribution in [0.25, 0.3) is 11.4 Å². The van der Waals surface area contributed by atoms with Crippen LogP contribution in [0.15, 0.2) is 47.0 Å². The number of amides is 1. The van der Waals surface area contributed by atoms with E-state index in [1.807, 2.05) is 0 Å². The highest BCUT2D eigenvalue weighted by Gasteiger charge is 2.44. The molecule has 0 bridgehead atoms. The van der Waals surface area contributed by atoms with E-state index in [2.05, 4.69) is 21.0 Å². The number of halogens is 3. The molecule has 3 aromatic rings. The first-order valence-corrected chi connectivity index (χ1v) is 8.49. The first-order valence-electron chi connectivity index (χ1n) is 8.12. The van der Waals surface area contributed by atoms with Gasteiger partial charge in [-0.05, 0) is 54.3 Å². The van der Waals surface area contributed by atoms with Crippen molar-refractivity contribution in [3.63, 3.8) is 0 Å². The molecule has 0 saturated heterocycles. The molecule has 1 heterocycles. The van der Waals surface area contributed by atoms with Gasteiger partial charge in [0.2, 0.25) is 11.7 Å². The predicted molar refractivity (Wildman–Crippen MR) is 93.7 cm³/mol. The van der Waals surface area contributed by atoms with E-state index in [4.69, 9.17) is 16.1 Å². The van der Waals surface area contributed by atoms with Crippen LogP contribution in [0.1, 0.15) is 17.9 Å². The van der Waals surface area contributed by atoms with Crippen molar-refractivity contribution >= 4 is 23.5 Å². The van der Waals surface area contributed by atoms with Gasteiger partial charge in [-0.3, -0.25) is 10.2 Å². The molecule has 2 atom stereocenters. The molecule has 1 amide bonds. The maximum absolute atomic E-state index is 13.3. The van der Waals surface area contributed by atoms with Gasteiger partial charge >= 0.3 is 6.01 Å². The number of nitrogens with one attached hydrogen (secondary N) is 2. The lowest BCUT2D eigenvalue weighted by Gasteiger charge is -2.04. The van der Waals surface area contributed by atoms with Gasteiger partial charge in [-0.15, -0.1) is 0 Å². The number of aromatic nitrogens is 2. The summed E-state index contributed by atoms with van der Waals surface area (Å²) < 4.78 is 31.3. The van der Waals surface area contributed by atoms with E-state index < -0.39 is 11.6 Å². The molecular weight excluding hydrogens is 378 g/mol. The molecule has 27 heavy (non-hydrogen) atoms. The van der Waals surface area contributed by atoms with Crippen LogP contribution < -0.4 is 10.9 Å². The number of benzene rings is 2. The molecule has 2 aromatic carbocycles. The average molecular weight is 391 g/mol. The molecule has 1 aliphatic carbocycles. The Kier molecular flexibility index (Phi) is 4.49. The molecule has 9 heteroatoms. The fraction of sp³-hybridized carbons (Fsp3) is 0.167. The molecule has 1 aliphatic rings. The summed E-state index contributed by atoms with van der Waals surface area (Å²) in [6.07, 6.45) is 0.554. The van der Waals surface area contributed by atoms with Gasteiger partial charge in [0.15, 0.2) is 11.6 Å². The Labute approximate surface area is 157 Å². The van der Waals surface area contributed by atoms with E-state index in [1.54, 1.807) is 24.3 Å². The molecule has 1 saturated carbocycles. The highest BCUT2D eigenvalue weighted by molar-refractivity contribution is 6.30. The van der Waals surface area contributed by atoms with E-state index in [0.29, 0.717) is 28.4 Å². The number of carbonyl (C=O) groups excluding carboxylic acids is 1. The molecular formula is C18H13ClF2N4O2. The van der Waals surface area contributed by atoms with E-state index in [1.165, 1.54) is 6.07 Å². The fourth-order valence-corrected chi connectivity index (χ4v) is 2.92. The molecule has 1 aromatic heterocycles. The summed E-state index contributed by atoms with van der Waals surface area (Å²) in [6, 6.07) is 10.6. The number of rotatable bonds is 5. The quantitative estimate of drug-likeness (QED) is 0.645. The van der Waals surface area contributed by atoms with E-state index in [-0.39, 0.29) is 23.8 Å². The molecule has 6 nitrogen and oxygen atoms in total. The fourth-order valence-electron chi connectivity index (χ4n) is 2.79. The summed E-state index contributed by atoms with van der Waals surface area (Å²) >= 11 is 5.83. The Bertz CT molecular complexity index is 993. The molecule has 138 valence electrons. The van der Waals surface area contributed by atoms with Gasteiger partial charge in [-0.2, -0.15) is 4.98 Å². The lowest BCUT2D eigenvalue weighted by Crippen LogP contribution is -2.31. The summed E-state index contributed by atoms with van der Waals surface area (Å²) in [7, 11) is 0. The van der Waals surface area contributed by atoms with Crippen molar-refractivity contribution in [3.05, 3.63) is 64.7 Å². The lowest BCUT2D eigenvalue weighted by molar-refractivity contribution is -0.121. The minimum atomic E-state index is -0.919. The van der Waals surface area contributed by atoms with Gasteiger partial charge < -0.3 is 4.52 Å². The number of hydrogen-bond acceptors (Lipinski definition) is 5. The predicted octanol–water partition coefficient (Wildman–Crippen LogP) is 3.92. The summed E-state index contributed by atoms with van der Waals surface area (Å²) in [5.74, 6) is -2.26. The Morgan fingerprint density at radius 3 is 2.67 bits per heavy atom. The van der Waals surface area contributed by atoms with Crippen molar-refractivity contribution in [1.29, 1.82) is 0 Å². The van der Waals surface area contributed by atoms with Crippen molar-refractivity contribution in [2.45, 2.75) is 12.3 Å². The minimum Gasteiger partial charge on any atom is -0.313 e. The molecule has 0 radical (unpaired) electrons. The van der Waals surface area contributed by atoms with Gasteiger partial charge in [0, 0.05) is 16.5 Å². The Hall–Kier alpha value is -3.00. The zero-order chi connectivity index (χ0) is 19.0. The monoisotopic (exact) mass is 390 g/mol. The Morgan fingerprint density at radius 1 is 1.15 bits per heavy atom. The van der Waals surface area contributed by atoms with Crippen LogP contribution in [0.5, 0.6) is 0 Å². The van der Waals surface area contributed by atoms with Crippen LogP contribution in [0, 0.1) is 17.6 Å².